The predicted octanol–water partition coefficient (Wildman–Crippen LogP) is 3.02. The molecule has 2 atom stereocenters. The minimum Gasteiger partial charge on any atom is -0.497 e. The van der Waals surface area contributed by atoms with Crippen molar-refractivity contribution < 1.29 is 19.3 Å². The van der Waals surface area contributed by atoms with Crippen molar-refractivity contribution in [1.82, 2.24) is 4.90 Å². The smallest absolute Gasteiger partial charge is 0.127 e. The minimum atomic E-state index is -0.333. The van der Waals surface area contributed by atoms with Crippen molar-refractivity contribution in [1.29, 1.82) is 0 Å². The van der Waals surface area contributed by atoms with Crippen LogP contribution in [0.15, 0.2) is 42.5 Å². The Bertz CT molecular complexity index is 719. The molecule has 2 unspecified atom stereocenters. The zero-order valence-corrected chi connectivity index (χ0v) is 14.9. The van der Waals surface area contributed by atoms with Gasteiger partial charge in [-0.25, -0.2) is 0 Å². The Hall–Kier alpha value is -2.24. The van der Waals surface area contributed by atoms with Gasteiger partial charge in [0.2, 0.25) is 0 Å². The fourth-order valence-corrected chi connectivity index (χ4v) is 3.45. The number of ether oxygens (including phenoxy) is 3. The summed E-state index contributed by atoms with van der Waals surface area (Å²) in [5.41, 5.74) is 2.23. The maximum Gasteiger partial charge on any atom is 0.127 e. The molecule has 1 N–H and O–H groups in total. The number of hydrogen-bond acceptors (Lipinski definition) is 5. The highest BCUT2D eigenvalue weighted by atomic mass is 16.5. The van der Waals surface area contributed by atoms with Gasteiger partial charge in [-0.05, 0) is 30.2 Å². The lowest BCUT2D eigenvalue weighted by atomic mass is 10.0. The average Bonchev–Trinajstić information content (AvgIpc) is 3.02. The lowest BCUT2D eigenvalue weighted by molar-refractivity contribution is 0.172. The molecule has 5 nitrogen and oxygen atoms in total. The summed E-state index contributed by atoms with van der Waals surface area (Å²) < 4.78 is 16.1. The second kappa shape index (κ2) is 7.76. The van der Waals surface area contributed by atoms with Crippen LogP contribution >= 0.6 is 0 Å². The molecule has 1 aliphatic rings. The van der Waals surface area contributed by atoms with Crippen LogP contribution in [-0.4, -0.2) is 44.0 Å². The molecule has 5 heteroatoms. The molecule has 0 radical (unpaired) electrons. The Morgan fingerprint density at radius 2 is 1.76 bits per heavy atom. The van der Waals surface area contributed by atoms with E-state index in [9.17, 15) is 5.11 Å². The first kappa shape index (κ1) is 17.6. The van der Waals surface area contributed by atoms with E-state index in [1.807, 2.05) is 36.4 Å². The molecule has 2 aromatic carbocycles. The van der Waals surface area contributed by atoms with Gasteiger partial charge >= 0.3 is 0 Å². The standard InChI is InChI=1S/C20H25NO4/c1-23-17-6-4-5-14(9-17)19-10-16(22)13-21(19)12-15-7-8-18(24-2)11-20(15)25-3/h4-9,11,16,19,22H,10,12-13H2,1-3H3. The first-order valence-electron chi connectivity index (χ1n) is 8.41. The Kier molecular flexibility index (Phi) is 5.46. The summed E-state index contributed by atoms with van der Waals surface area (Å²) in [6, 6.07) is 14.1. The highest BCUT2D eigenvalue weighted by Gasteiger charge is 2.32. The first-order chi connectivity index (χ1) is 12.1. The molecule has 3 rings (SSSR count). The van der Waals surface area contributed by atoms with Crippen molar-refractivity contribution >= 4 is 0 Å². The van der Waals surface area contributed by atoms with Crippen LogP contribution in [0.25, 0.3) is 0 Å². The van der Waals surface area contributed by atoms with Crippen molar-refractivity contribution in [2.45, 2.75) is 25.1 Å². The fraction of sp³-hybridized carbons (Fsp3) is 0.400. The number of β-amino-alcohol motifs (C(OH)–C–C–N with tert-alkyl or cyclic N) is 1. The summed E-state index contributed by atoms with van der Waals surface area (Å²) in [5.74, 6) is 2.40. The number of rotatable bonds is 6. The lowest BCUT2D eigenvalue weighted by Crippen LogP contribution is -2.24. The molecule has 134 valence electrons. The van der Waals surface area contributed by atoms with Crippen LogP contribution in [0.5, 0.6) is 17.2 Å². The Morgan fingerprint density at radius 1 is 1.00 bits per heavy atom. The van der Waals surface area contributed by atoms with Gasteiger partial charge in [0, 0.05) is 30.8 Å². The normalized spacial score (nSPS) is 20.5. The van der Waals surface area contributed by atoms with Crippen molar-refractivity contribution in [2.75, 3.05) is 27.9 Å². The molecular formula is C20H25NO4. The van der Waals surface area contributed by atoms with E-state index in [1.54, 1.807) is 21.3 Å². The third-order valence-corrected chi connectivity index (χ3v) is 4.73. The van der Waals surface area contributed by atoms with Gasteiger partial charge in [0.05, 0.1) is 27.4 Å². The van der Waals surface area contributed by atoms with Crippen LogP contribution < -0.4 is 14.2 Å². The first-order valence-corrected chi connectivity index (χ1v) is 8.41. The van der Waals surface area contributed by atoms with Gasteiger partial charge in [-0.2, -0.15) is 0 Å². The SMILES string of the molecule is COc1cccc(C2CC(O)CN2Cc2ccc(OC)cc2OC)c1. The number of likely N-dealkylation sites (tertiary alicyclic amines) is 1. The zero-order valence-electron chi connectivity index (χ0n) is 14.9. The molecule has 2 aromatic rings. The number of nitrogens with zero attached hydrogens (tertiary/aromatic N) is 1. The Balaban J connectivity index is 1.85. The summed E-state index contributed by atoms with van der Waals surface area (Å²) in [6.07, 6.45) is 0.381. The molecule has 1 aliphatic heterocycles. The predicted molar refractivity (Wildman–Crippen MR) is 96.3 cm³/mol. The van der Waals surface area contributed by atoms with E-state index in [0.717, 1.165) is 28.4 Å². The molecule has 0 bridgehead atoms. The number of benzene rings is 2. The van der Waals surface area contributed by atoms with Crippen LogP contribution in [0.3, 0.4) is 0 Å². The highest BCUT2D eigenvalue weighted by Crippen LogP contribution is 2.36. The van der Waals surface area contributed by atoms with Crippen LogP contribution in [0.1, 0.15) is 23.6 Å². The van der Waals surface area contributed by atoms with E-state index in [4.69, 9.17) is 14.2 Å². The van der Waals surface area contributed by atoms with Crippen molar-refractivity contribution in [3.05, 3.63) is 53.6 Å². The lowest BCUT2D eigenvalue weighted by Gasteiger charge is -2.25. The average molecular weight is 343 g/mol. The van der Waals surface area contributed by atoms with E-state index >= 15 is 0 Å². The number of aliphatic hydroxyl groups excluding tert-OH is 1. The van der Waals surface area contributed by atoms with E-state index in [-0.39, 0.29) is 12.1 Å². The molecule has 0 amide bonds. The molecule has 1 fully saturated rings. The van der Waals surface area contributed by atoms with Gasteiger partial charge in [-0.1, -0.05) is 18.2 Å². The van der Waals surface area contributed by atoms with E-state index in [0.29, 0.717) is 19.5 Å². The van der Waals surface area contributed by atoms with Crippen molar-refractivity contribution in [2.24, 2.45) is 0 Å². The second-order valence-corrected chi connectivity index (χ2v) is 6.29. The van der Waals surface area contributed by atoms with Gasteiger partial charge in [-0.15, -0.1) is 0 Å². The van der Waals surface area contributed by atoms with Crippen LogP contribution in [0.4, 0.5) is 0 Å². The van der Waals surface area contributed by atoms with Crippen LogP contribution in [0.2, 0.25) is 0 Å². The topological polar surface area (TPSA) is 51.2 Å². The van der Waals surface area contributed by atoms with Gasteiger partial charge in [0.25, 0.3) is 0 Å². The number of aliphatic hydroxyl groups is 1. The van der Waals surface area contributed by atoms with Gasteiger partial charge in [0.1, 0.15) is 17.2 Å². The van der Waals surface area contributed by atoms with E-state index in [1.165, 1.54) is 0 Å². The molecule has 0 aromatic heterocycles. The minimum absolute atomic E-state index is 0.150. The monoisotopic (exact) mass is 343 g/mol. The maximum absolute atomic E-state index is 10.2. The number of hydrogen-bond donors (Lipinski definition) is 1. The van der Waals surface area contributed by atoms with Crippen molar-refractivity contribution in [3.8, 4) is 17.2 Å². The highest BCUT2D eigenvalue weighted by molar-refractivity contribution is 5.41. The van der Waals surface area contributed by atoms with Gasteiger partial charge in [-0.3, -0.25) is 4.90 Å². The molecule has 1 heterocycles. The van der Waals surface area contributed by atoms with Crippen LogP contribution in [0, 0.1) is 0 Å². The van der Waals surface area contributed by atoms with Gasteiger partial charge < -0.3 is 19.3 Å². The summed E-state index contributed by atoms with van der Waals surface area (Å²) in [5, 5.41) is 10.2. The molecule has 0 spiro atoms. The quantitative estimate of drug-likeness (QED) is 0.874. The molecule has 0 saturated carbocycles. The largest absolute Gasteiger partial charge is 0.497 e. The summed E-state index contributed by atoms with van der Waals surface area (Å²) in [7, 11) is 4.98. The molecular weight excluding hydrogens is 318 g/mol. The van der Waals surface area contributed by atoms with E-state index in [2.05, 4.69) is 11.0 Å². The molecule has 25 heavy (non-hydrogen) atoms. The third kappa shape index (κ3) is 3.89. The zero-order chi connectivity index (χ0) is 17.8. The fourth-order valence-electron chi connectivity index (χ4n) is 3.45. The molecule has 0 aliphatic carbocycles. The Morgan fingerprint density at radius 3 is 2.48 bits per heavy atom. The van der Waals surface area contributed by atoms with Crippen LogP contribution in [-0.2, 0) is 6.54 Å². The maximum atomic E-state index is 10.2. The summed E-state index contributed by atoms with van der Waals surface area (Å²) in [6.45, 7) is 1.34. The second-order valence-electron chi connectivity index (χ2n) is 6.29. The third-order valence-electron chi connectivity index (χ3n) is 4.73. The van der Waals surface area contributed by atoms with Gasteiger partial charge in [0.15, 0.2) is 0 Å². The molecule has 1 saturated heterocycles. The number of methoxy groups -OCH3 is 3. The summed E-state index contributed by atoms with van der Waals surface area (Å²) >= 11 is 0. The van der Waals surface area contributed by atoms with E-state index < -0.39 is 0 Å². The Labute approximate surface area is 148 Å². The summed E-state index contributed by atoms with van der Waals surface area (Å²) in [4.78, 5) is 2.28. The van der Waals surface area contributed by atoms with Crippen molar-refractivity contribution in [3.63, 3.8) is 0 Å².